The minimum absolute atomic E-state index is 0.157. The zero-order valence-corrected chi connectivity index (χ0v) is 9.33. The molecule has 1 N–H and O–H groups in total. The van der Waals surface area contributed by atoms with E-state index in [-0.39, 0.29) is 17.0 Å². The second-order valence-corrected chi connectivity index (χ2v) is 4.48. The molecule has 0 radical (unpaired) electrons. The van der Waals surface area contributed by atoms with Crippen LogP contribution in [0.25, 0.3) is 0 Å². The SMILES string of the molecule is Cc1cc(=O)n(C(C)(C)C)c(O)c1C#N. The Morgan fingerprint density at radius 3 is 2.40 bits per heavy atom. The number of pyridine rings is 1. The summed E-state index contributed by atoms with van der Waals surface area (Å²) in [6.45, 7) is 7.02. The van der Waals surface area contributed by atoms with E-state index in [2.05, 4.69) is 0 Å². The molecule has 0 aliphatic carbocycles. The normalized spacial score (nSPS) is 11.1. The first-order valence-electron chi connectivity index (χ1n) is 4.65. The number of rotatable bonds is 0. The summed E-state index contributed by atoms with van der Waals surface area (Å²) in [6, 6.07) is 3.26. The Labute approximate surface area is 88.4 Å². The lowest BCUT2D eigenvalue weighted by Crippen LogP contribution is -2.34. The average molecular weight is 206 g/mol. The van der Waals surface area contributed by atoms with E-state index in [1.54, 1.807) is 27.7 Å². The monoisotopic (exact) mass is 206 g/mol. The van der Waals surface area contributed by atoms with Crippen LogP contribution in [0.2, 0.25) is 0 Å². The molecule has 4 heteroatoms. The average Bonchev–Trinajstić information content (AvgIpc) is 2.00. The van der Waals surface area contributed by atoms with E-state index >= 15 is 0 Å². The third-order valence-corrected chi connectivity index (χ3v) is 2.17. The van der Waals surface area contributed by atoms with Gasteiger partial charge in [0.2, 0.25) is 5.88 Å². The maximum absolute atomic E-state index is 11.7. The van der Waals surface area contributed by atoms with E-state index < -0.39 is 5.54 Å². The van der Waals surface area contributed by atoms with Crippen LogP contribution in [-0.2, 0) is 5.54 Å². The fourth-order valence-electron chi connectivity index (χ4n) is 1.50. The van der Waals surface area contributed by atoms with E-state index in [1.165, 1.54) is 10.6 Å². The molecule has 0 fully saturated rings. The number of hydrogen-bond donors (Lipinski definition) is 1. The molecule has 0 saturated carbocycles. The molecule has 0 saturated heterocycles. The Kier molecular flexibility index (Phi) is 2.59. The van der Waals surface area contributed by atoms with Crippen molar-refractivity contribution in [2.75, 3.05) is 0 Å². The lowest BCUT2D eigenvalue weighted by Gasteiger charge is -2.24. The minimum atomic E-state index is -0.541. The fourth-order valence-corrected chi connectivity index (χ4v) is 1.50. The maximum Gasteiger partial charge on any atom is 0.254 e. The zero-order chi connectivity index (χ0) is 11.8. The molecule has 1 aromatic heterocycles. The molecule has 0 bridgehead atoms. The summed E-state index contributed by atoms with van der Waals surface area (Å²) < 4.78 is 1.22. The van der Waals surface area contributed by atoms with E-state index in [0.717, 1.165) is 0 Å². The molecule has 0 aliphatic rings. The molecule has 0 atom stereocenters. The summed E-state index contributed by atoms with van der Waals surface area (Å²) in [4.78, 5) is 11.7. The first-order chi connectivity index (χ1) is 6.79. The zero-order valence-electron chi connectivity index (χ0n) is 9.33. The van der Waals surface area contributed by atoms with Gasteiger partial charge in [0.1, 0.15) is 11.6 Å². The largest absolute Gasteiger partial charge is 0.493 e. The second kappa shape index (κ2) is 3.43. The minimum Gasteiger partial charge on any atom is -0.493 e. The van der Waals surface area contributed by atoms with Gasteiger partial charge in [-0.15, -0.1) is 0 Å². The number of nitriles is 1. The van der Waals surface area contributed by atoms with Gasteiger partial charge in [0, 0.05) is 11.6 Å². The number of aromatic hydroxyl groups is 1. The van der Waals surface area contributed by atoms with Crippen molar-refractivity contribution >= 4 is 0 Å². The summed E-state index contributed by atoms with van der Waals surface area (Å²) in [6.07, 6.45) is 0. The Bertz CT molecular complexity index is 487. The first kappa shape index (κ1) is 11.3. The molecule has 0 aromatic carbocycles. The second-order valence-electron chi connectivity index (χ2n) is 4.48. The Balaban J connectivity index is 3.71. The maximum atomic E-state index is 11.7. The van der Waals surface area contributed by atoms with Gasteiger partial charge in [0.25, 0.3) is 5.56 Å². The van der Waals surface area contributed by atoms with Gasteiger partial charge < -0.3 is 5.11 Å². The van der Waals surface area contributed by atoms with Crippen molar-refractivity contribution in [2.45, 2.75) is 33.2 Å². The quantitative estimate of drug-likeness (QED) is 0.699. The van der Waals surface area contributed by atoms with Crippen molar-refractivity contribution in [3.05, 3.63) is 27.5 Å². The van der Waals surface area contributed by atoms with Gasteiger partial charge in [-0.3, -0.25) is 9.36 Å². The molecule has 80 valence electrons. The van der Waals surface area contributed by atoms with Crippen molar-refractivity contribution in [1.82, 2.24) is 4.57 Å². The lowest BCUT2D eigenvalue weighted by molar-refractivity contribution is 0.311. The molecule has 0 amide bonds. The van der Waals surface area contributed by atoms with Gasteiger partial charge in [0.15, 0.2) is 0 Å². The van der Waals surface area contributed by atoms with E-state index in [1.807, 2.05) is 6.07 Å². The van der Waals surface area contributed by atoms with Crippen LogP contribution in [0.4, 0.5) is 0 Å². The smallest absolute Gasteiger partial charge is 0.254 e. The Morgan fingerprint density at radius 2 is 2.00 bits per heavy atom. The third-order valence-electron chi connectivity index (χ3n) is 2.17. The van der Waals surface area contributed by atoms with Gasteiger partial charge >= 0.3 is 0 Å². The molecule has 0 aliphatic heterocycles. The summed E-state index contributed by atoms with van der Waals surface area (Å²) in [5, 5.41) is 18.7. The van der Waals surface area contributed by atoms with Gasteiger partial charge in [-0.25, -0.2) is 0 Å². The highest BCUT2D eigenvalue weighted by Crippen LogP contribution is 2.23. The van der Waals surface area contributed by atoms with Crippen molar-refractivity contribution in [3.8, 4) is 11.9 Å². The molecule has 0 spiro atoms. The fraction of sp³-hybridized carbons (Fsp3) is 0.455. The van der Waals surface area contributed by atoms with Crippen LogP contribution in [0, 0.1) is 18.3 Å². The summed E-state index contributed by atoms with van der Waals surface area (Å²) in [5.74, 6) is -0.255. The number of nitrogens with zero attached hydrogens (tertiary/aromatic N) is 2. The molecule has 0 unspecified atom stereocenters. The van der Waals surface area contributed by atoms with Crippen LogP contribution in [0.15, 0.2) is 10.9 Å². The van der Waals surface area contributed by atoms with Crippen molar-refractivity contribution in [3.63, 3.8) is 0 Å². The third kappa shape index (κ3) is 1.86. The topological polar surface area (TPSA) is 66.0 Å². The lowest BCUT2D eigenvalue weighted by atomic mass is 10.1. The van der Waals surface area contributed by atoms with Gasteiger partial charge in [-0.1, -0.05) is 0 Å². The predicted octanol–water partition coefficient (Wildman–Crippen LogP) is 1.49. The van der Waals surface area contributed by atoms with Gasteiger partial charge in [-0.05, 0) is 33.3 Å². The van der Waals surface area contributed by atoms with Crippen LogP contribution in [0.5, 0.6) is 5.88 Å². The molecular weight excluding hydrogens is 192 g/mol. The van der Waals surface area contributed by atoms with E-state index in [9.17, 15) is 9.90 Å². The Hall–Kier alpha value is -1.76. The number of hydrogen-bond acceptors (Lipinski definition) is 3. The molecular formula is C11H14N2O2. The number of aryl methyl sites for hydroxylation is 1. The van der Waals surface area contributed by atoms with Gasteiger partial charge in [0.05, 0.1) is 0 Å². The summed E-state index contributed by atoms with van der Waals surface area (Å²) in [7, 11) is 0. The summed E-state index contributed by atoms with van der Waals surface area (Å²) >= 11 is 0. The molecule has 15 heavy (non-hydrogen) atoms. The predicted molar refractivity (Wildman–Crippen MR) is 56.8 cm³/mol. The molecule has 1 aromatic rings. The highest BCUT2D eigenvalue weighted by Gasteiger charge is 2.21. The molecule has 1 rings (SSSR count). The first-order valence-corrected chi connectivity index (χ1v) is 4.65. The van der Waals surface area contributed by atoms with Crippen LogP contribution in [0.1, 0.15) is 31.9 Å². The highest BCUT2D eigenvalue weighted by molar-refractivity contribution is 5.44. The van der Waals surface area contributed by atoms with E-state index in [0.29, 0.717) is 5.56 Å². The Morgan fingerprint density at radius 1 is 1.47 bits per heavy atom. The van der Waals surface area contributed by atoms with Crippen molar-refractivity contribution in [2.24, 2.45) is 0 Å². The van der Waals surface area contributed by atoms with Crippen molar-refractivity contribution < 1.29 is 5.11 Å². The van der Waals surface area contributed by atoms with Crippen LogP contribution >= 0.6 is 0 Å². The molecule has 4 nitrogen and oxygen atoms in total. The highest BCUT2D eigenvalue weighted by atomic mass is 16.3. The molecule has 1 heterocycles. The standard InChI is InChI=1S/C11H14N2O2/c1-7-5-9(14)13(11(2,3)4)10(15)8(7)6-12/h5,15H,1-4H3. The van der Waals surface area contributed by atoms with Crippen molar-refractivity contribution in [1.29, 1.82) is 5.26 Å². The van der Waals surface area contributed by atoms with Gasteiger partial charge in [-0.2, -0.15) is 5.26 Å². The van der Waals surface area contributed by atoms with Crippen LogP contribution in [-0.4, -0.2) is 9.67 Å². The van der Waals surface area contributed by atoms with Crippen LogP contribution < -0.4 is 5.56 Å². The summed E-state index contributed by atoms with van der Waals surface area (Å²) in [5.41, 5.74) is -0.179. The van der Waals surface area contributed by atoms with E-state index in [4.69, 9.17) is 5.26 Å². The number of aromatic nitrogens is 1. The van der Waals surface area contributed by atoms with Crippen LogP contribution in [0.3, 0.4) is 0 Å².